The van der Waals surface area contributed by atoms with Crippen molar-refractivity contribution in [1.29, 1.82) is 0 Å². The van der Waals surface area contributed by atoms with E-state index < -0.39 is 0 Å². The second-order valence-corrected chi connectivity index (χ2v) is 7.08. The van der Waals surface area contributed by atoms with Gasteiger partial charge in [-0.2, -0.15) is 0 Å². The van der Waals surface area contributed by atoms with E-state index in [9.17, 15) is 4.79 Å². The number of hydrogen-bond donors (Lipinski definition) is 1. The first-order valence-corrected chi connectivity index (χ1v) is 8.73. The van der Waals surface area contributed by atoms with Crippen molar-refractivity contribution in [3.63, 3.8) is 0 Å². The van der Waals surface area contributed by atoms with Crippen LogP contribution >= 0.6 is 11.3 Å². The zero-order valence-electron chi connectivity index (χ0n) is 14.0. The average molecular weight is 340 g/mol. The van der Waals surface area contributed by atoms with Crippen LogP contribution < -0.4 is 10.1 Å². The number of amides is 1. The van der Waals surface area contributed by atoms with Gasteiger partial charge in [-0.25, -0.2) is 4.98 Å². The second kappa shape index (κ2) is 7.01. The number of carbonyl (C=O) groups is 1. The average Bonchev–Trinajstić information content (AvgIpc) is 2.95. The molecule has 0 radical (unpaired) electrons. The summed E-state index contributed by atoms with van der Waals surface area (Å²) in [4.78, 5) is 16.5. The molecule has 3 rings (SSSR count). The summed E-state index contributed by atoms with van der Waals surface area (Å²) in [7, 11) is 0. The summed E-state index contributed by atoms with van der Waals surface area (Å²) < 4.78 is 6.56. The summed E-state index contributed by atoms with van der Waals surface area (Å²) in [6.45, 7) is 6.30. The predicted molar refractivity (Wildman–Crippen MR) is 99.0 cm³/mol. The first kappa shape index (κ1) is 16.5. The van der Waals surface area contributed by atoms with Gasteiger partial charge in [0.25, 0.3) is 5.91 Å². The fourth-order valence-corrected chi connectivity index (χ4v) is 3.22. The predicted octanol–water partition coefficient (Wildman–Crippen LogP) is 4.75. The van der Waals surface area contributed by atoms with Crippen molar-refractivity contribution in [2.75, 3.05) is 11.9 Å². The molecular weight excluding hydrogens is 320 g/mol. The Kier molecular flexibility index (Phi) is 4.81. The molecule has 0 spiro atoms. The Hall–Kier alpha value is -2.40. The molecule has 0 fully saturated rings. The Labute approximate surface area is 145 Å². The van der Waals surface area contributed by atoms with Crippen molar-refractivity contribution >= 4 is 32.6 Å². The minimum atomic E-state index is -0.210. The summed E-state index contributed by atoms with van der Waals surface area (Å²) in [6.07, 6.45) is 0. The highest BCUT2D eigenvalue weighted by molar-refractivity contribution is 7.22. The van der Waals surface area contributed by atoms with E-state index in [0.29, 0.717) is 16.8 Å². The Bertz CT molecular complexity index is 853. The molecule has 1 aromatic heterocycles. The SMILES string of the molecule is Cc1ccc(OCC(=O)Nc2nc3ccc(C(C)C)cc3s2)cc1. The largest absolute Gasteiger partial charge is 0.484 e. The number of benzene rings is 2. The number of hydrogen-bond acceptors (Lipinski definition) is 4. The van der Waals surface area contributed by atoms with Gasteiger partial charge in [0.05, 0.1) is 10.2 Å². The number of fused-ring (bicyclic) bond motifs is 1. The molecule has 0 aliphatic rings. The third-order valence-corrected chi connectivity index (χ3v) is 4.65. The van der Waals surface area contributed by atoms with Crippen molar-refractivity contribution in [3.05, 3.63) is 53.6 Å². The van der Waals surface area contributed by atoms with Crippen LogP contribution in [0.5, 0.6) is 5.75 Å². The number of rotatable bonds is 5. The molecule has 0 bridgehead atoms. The van der Waals surface area contributed by atoms with E-state index in [1.807, 2.05) is 37.3 Å². The number of nitrogens with zero attached hydrogens (tertiary/aromatic N) is 1. The van der Waals surface area contributed by atoms with Crippen LogP contribution in [0.1, 0.15) is 30.9 Å². The van der Waals surface area contributed by atoms with Crippen LogP contribution in [0.15, 0.2) is 42.5 Å². The molecule has 0 saturated heterocycles. The Morgan fingerprint density at radius 1 is 1.21 bits per heavy atom. The summed E-state index contributed by atoms with van der Waals surface area (Å²) in [5, 5.41) is 3.41. The molecule has 5 heteroatoms. The highest BCUT2D eigenvalue weighted by atomic mass is 32.1. The molecule has 0 unspecified atom stereocenters. The Balaban J connectivity index is 1.63. The lowest BCUT2D eigenvalue weighted by molar-refractivity contribution is -0.118. The van der Waals surface area contributed by atoms with Crippen LogP contribution in [-0.2, 0) is 4.79 Å². The van der Waals surface area contributed by atoms with Crippen molar-refractivity contribution < 1.29 is 9.53 Å². The first-order chi connectivity index (χ1) is 11.5. The maximum atomic E-state index is 12.0. The quantitative estimate of drug-likeness (QED) is 0.729. The summed E-state index contributed by atoms with van der Waals surface area (Å²) in [5.74, 6) is 0.942. The maximum Gasteiger partial charge on any atom is 0.264 e. The van der Waals surface area contributed by atoms with E-state index in [-0.39, 0.29) is 12.5 Å². The third kappa shape index (κ3) is 3.92. The maximum absolute atomic E-state index is 12.0. The molecule has 1 heterocycles. The van der Waals surface area contributed by atoms with Crippen molar-refractivity contribution in [2.24, 2.45) is 0 Å². The molecule has 1 amide bonds. The van der Waals surface area contributed by atoms with Gasteiger partial charge in [-0.15, -0.1) is 0 Å². The number of anilines is 1. The van der Waals surface area contributed by atoms with Gasteiger partial charge in [0.1, 0.15) is 5.75 Å². The normalized spacial score (nSPS) is 11.0. The van der Waals surface area contributed by atoms with Crippen LogP contribution in [-0.4, -0.2) is 17.5 Å². The molecule has 0 aliphatic heterocycles. The Morgan fingerprint density at radius 2 is 1.96 bits per heavy atom. The molecule has 24 heavy (non-hydrogen) atoms. The molecule has 2 aromatic carbocycles. The second-order valence-electron chi connectivity index (χ2n) is 6.05. The molecule has 3 aromatic rings. The third-order valence-electron chi connectivity index (χ3n) is 3.72. The van der Waals surface area contributed by atoms with Crippen LogP contribution in [0.25, 0.3) is 10.2 Å². The van der Waals surface area contributed by atoms with Gasteiger partial charge in [0, 0.05) is 0 Å². The number of nitrogens with one attached hydrogen (secondary N) is 1. The Morgan fingerprint density at radius 3 is 2.67 bits per heavy atom. The van der Waals surface area contributed by atoms with Crippen LogP contribution in [0.3, 0.4) is 0 Å². The molecular formula is C19H20N2O2S. The number of aryl methyl sites for hydroxylation is 1. The minimum absolute atomic E-state index is 0.0315. The van der Waals surface area contributed by atoms with Gasteiger partial charge in [0.2, 0.25) is 0 Å². The molecule has 124 valence electrons. The smallest absolute Gasteiger partial charge is 0.264 e. The van der Waals surface area contributed by atoms with Gasteiger partial charge in [-0.05, 0) is 42.7 Å². The highest BCUT2D eigenvalue weighted by Crippen LogP contribution is 2.29. The van der Waals surface area contributed by atoms with Gasteiger partial charge < -0.3 is 4.74 Å². The number of aromatic nitrogens is 1. The monoisotopic (exact) mass is 340 g/mol. The first-order valence-electron chi connectivity index (χ1n) is 7.91. The number of thiazole rings is 1. The zero-order valence-corrected chi connectivity index (χ0v) is 14.8. The van der Waals surface area contributed by atoms with E-state index in [2.05, 4.69) is 36.3 Å². The molecule has 4 nitrogen and oxygen atoms in total. The topological polar surface area (TPSA) is 51.2 Å². The number of carbonyl (C=O) groups excluding carboxylic acids is 1. The van der Waals surface area contributed by atoms with E-state index in [0.717, 1.165) is 15.8 Å². The fourth-order valence-electron chi connectivity index (χ4n) is 2.29. The van der Waals surface area contributed by atoms with Crippen molar-refractivity contribution in [3.8, 4) is 5.75 Å². The van der Waals surface area contributed by atoms with Crippen LogP contribution in [0.4, 0.5) is 5.13 Å². The van der Waals surface area contributed by atoms with Gasteiger partial charge in [-0.1, -0.05) is 48.9 Å². The molecule has 1 N–H and O–H groups in total. The summed E-state index contributed by atoms with van der Waals surface area (Å²) >= 11 is 1.48. The van der Waals surface area contributed by atoms with Crippen molar-refractivity contribution in [1.82, 2.24) is 4.98 Å². The van der Waals surface area contributed by atoms with Gasteiger partial charge >= 0.3 is 0 Å². The lowest BCUT2D eigenvalue weighted by Gasteiger charge is -2.05. The fraction of sp³-hybridized carbons (Fsp3) is 0.263. The van der Waals surface area contributed by atoms with Gasteiger partial charge in [-0.3, -0.25) is 10.1 Å². The minimum Gasteiger partial charge on any atom is -0.484 e. The van der Waals surface area contributed by atoms with E-state index >= 15 is 0 Å². The van der Waals surface area contributed by atoms with Gasteiger partial charge in [0.15, 0.2) is 11.7 Å². The van der Waals surface area contributed by atoms with E-state index in [1.165, 1.54) is 16.9 Å². The molecule has 0 aliphatic carbocycles. The summed E-state index contributed by atoms with van der Waals surface area (Å²) in [5.41, 5.74) is 3.33. The summed E-state index contributed by atoms with van der Waals surface area (Å²) in [6, 6.07) is 13.8. The standard InChI is InChI=1S/C19H20N2O2S/c1-12(2)14-6-9-16-17(10-14)24-19(20-16)21-18(22)11-23-15-7-4-13(3)5-8-15/h4-10,12H,11H2,1-3H3,(H,20,21,22). The van der Waals surface area contributed by atoms with Crippen LogP contribution in [0.2, 0.25) is 0 Å². The zero-order chi connectivity index (χ0) is 17.1. The highest BCUT2D eigenvalue weighted by Gasteiger charge is 2.10. The lowest BCUT2D eigenvalue weighted by atomic mass is 10.0. The van der Waals surface area contributed by atoms with Crippen LogP contribution in [0, 0.1) is 6.92 Å². The molecule has 0 saturated carbocycles. The lowest BCUT2D eigenvalue weighted by Crippen LogP contribution is -2.19. The number of ether oxygens (including phenoxy) is 1. The molecule has 0 atom stereocenters. The van der Waals surface area contributed by atoms with E-state index in [1.54, 1.807) is 0 Å². The van der Waals surface area contributed by atoms with Crippen molar-refractivity contribution in [2.45, 2.75) is 26.7 Å². The van der Waals surface area contributed by atoms with E-state index in [4.69, 9.17) is 4.74 Å².